The molecule has 0 saturated heterocycles. The first-order chi connectivity index (χ1) is 15.7. The predicted molar refractivity (Wildman–Crippen MR) is 125 cm³/mol. The summed E-state index contributed by atoms with van der Waals surface area (Å²) in [6, 6.07) is 26.6. The van der Waals surface area contributed by atoms with Gasteiger partial charge in [0.25, 0.3) is 0 Å². The minimum absolute atomic E-state index is 0.445. The van der Waals surface area contributed by atoms with Crippen LogP contribution in [0.3, 0.4) is 0 Å². The lowest BCUT2D eigenvalue weighted by molar-refractivity contribution is -0.139. The maximum Gasteiger partial charge on any atom is 0.354 e. The molecule has 1 aromatic heterocycles. The number of rotatable bonds is 6. The van der Waals surface area contributed by atoms with Gasteiger partial charge >= 0.3 is 5.97 Å². The van der Waals surface area contributed by atoms with E-state index in [9.17, 15) is 4.79 Å². The number of oxime groups is 1. The van der Waals surface area contributed by atoms with Gasteiger partial charge in [-0.25, -0.2) is 9.47 Å². The molecule has 5 rings (SSSR count). The van der Waals surface area contributed by atoms with Crippen LogP contribution in [0, 0.1) is 0 Å². The molecule has 4 aromatic rings. The van der Waals surface area contributed by atoms with Gasteiger partial charge in [-0.2, -0.15) is 0 Å². The smallest absolute Gasteiger partial charge is 0.316 e. The number of thioether (sulfide) groups is 1. The Morgan fingerprint density at radius 3 is 2.34 bits per heavy atom. The molecule has 1 aliphatic heterocycles. The quantitative estimate of drug-likeness (QED) is 0.411. The Hall–Kier alpha value is -3.62. The van der Waals surface area contributed by atoms with E-state index in [1.54, 1.807) is 16.8 Å². The Morgan fingerprint density at radius 2 is 1.59 bits per heavy atom. The van der Waals surface area contributed by atoms with E-state index in [1.807, 2.05) is 72.8 Å². The topological polar surface area (TPSA) is 81.4 Å². The third-order valence-electron chi connectivity index (χ3n) is 4.75. The number of carbonyl (C=O) groups excluding carboxylic acids is 1. The van der Waals surface area contributed by atoms with E-state index in [0.29, 0.717) is 27.3 Å². The highest BCUT2D eigenvalue weighted by Gasteiger charge is 2.37. The maximum atomic E-state index is 12.5. The SMILES string of the molecule is O=C1ON=C(c2ccccc2Cl)C1Sc1nnc(-c2ccccc2)n1Nc1ccccc1. The molecule has 0 aliphatic carbocycles. The molecule has 1 unspecified atom stereocenters. The number of carbonyl (C=O) groups is 1. The van der Waals surface area contributed by atoms with Crippen LogP contribution in [-0.2, 0) is 9.63 Å². The monoisotopic (exact) mass is 461 g/mol. The number of aromatic nitrogens is 3. The molecule has 7 nitrogen and oxygen atoms in total. The first-order valence-electron chi connectivity index (χ1n) is 9.74. The highest BCUT2D eigenvalue weighted by atomic mass is 35.5. The van der Waals surface area contributed by atoms with Crippen molar-refractivity contribution in [3.63, 3.8) is 0 Å². The van der Waals surface area contributed by atoms with Crippen LogP contribution >= 0.6 is 23.4 Å². The molecule has 0 bridgehead atoms. The fourth-order valence-corrected chi connectivity index (χ4v) is 4.42. The number of para-hydroxylation sites is 1. The molecule has 0 amide bonds. The number of hydrogen-bond donors (Lipinski definition) is 1. The van der Waals surface area contributed by atoms with Crippen molar-refractivity contribution in [2.75, 3.05) is 5.43 Å². The molecule has 0 saturated carbocycles. The Balaban J connectivity index is 1.53. The highest BCUT2D eigenvalue weighted by molar-refractivity contribution is 8.01. The summed E-state index contributed by atoms with van der Waals surface area (Å²) in [5, 5.41) is 13.0. The fraction of sp³-hybridized carbons (Fsp3) is 0.0435. The highest BCUT2D eigenvalue weighted by Crippen LogP contribution is 2.33. The summed E-state index contributed by atoms with van der Waals surface area (Å²) >= 11 is 7.54. The zero-order valence-electron chi connectivity index (χ0n) is 16.6. The Labute approximate surface area is 193 Å². The molecule has 0 spiro atoms. The van der Waals surface area contributed by atoms with Gasteiger partial charge in [0.05, 0.1) is 5.69 Å². The van der Waals surface area contributed by atoms with Crippen LogP contribution in [0.5, 0.6) is 0 Å². The van der Waals surface area contributed by atoms with Crippen molar-refractivity contribution >= 4 is 40.7 Å². The largest absolute Gasteiger partial charge is 0.354 e. The van der Waals surface area contributed by atoms with E-state index in [2.05, 4.69) is 20.8 Å². The predicted octanol–water partition coefficient (Wildman–Crippen LogP) is 4.90. The molecule has 0 fully saturated rings. The number of nitrogens with one attached hydrogen (secondary N) is 1. The standard InChI is InChI=1S/C23H16ClN5O2S/c24-18-14-8-7-13-17(18)19-20(22(30)31-28-19)32-23-26-25-21(15-9-3-1-4-10-15)29(23)27-16-11-5-2-6-12-16/h1-14,20,27H. The molecule has 0 radical (unpaired) electrons. The normalized spacial score (nSPS) is 15.3. The Morgan fingerprint density at radius 1 is 0.906 bits per heavy atom. The summed E-state index contributed by atoms with van der Waals surface area (Å²) in [5.74, 6) is 0.125. The summed E-state index contributed by atoms with van der Waals surface area (Å²) in [7, 11) is 0. The van der Waals surface area contributed by atoms with Gasteiger partial charge in [-0.1, -0.05) is 95.2 Å². The van der Waals surface area contributed by atoms with Crippen LogP contribution in [0.4, 0.5) is 5.69 Å². The van der Waals surface area contributed by atoms with Crippen LogP contribution in [0.1, 0.15) is 5.56 Å². The van der Waals surface area contributed by atoms with Crippen molar-refractivity contribution in [3.05, 3.63) is 95.5 Å². The van der Waals surface area contributed by atoms with E-state index < -0.39 is 11.2 Å². The van der Waals surface area contributed by atoms with Gasteiger partial charge in [-0.05, 0) is 18.2 Å². The zero-order chi connectivity index (χ0) is 21.9. The average molecular weight is 462 g/mol. The summed E-state index contributed by atoms with van der Waals surface area (Å²) in [6.45, 7) is 0. The number of anilines is 1. The number of nitrogens with zero attached hydrogens (tertiary/aromatic N) is 4. The van der Waals surface area contributed by atoms with Crippen molar-refractivity contribution in [2.45, 2.75) is 10.4 Å². The number of benzene rings is 3. The van der Waals surface area contributed by atoms with Gasteiger partial charge in [0, 0.05) is 16.1 Å². The second-order valence-electron chi connectivity index (χ2n) is 6.85. The lowest BCUT2D eigenvalue weighted by Crippen LogP contribution is -2.24. The molecule has 1 atom stereocenters. The second-order valence-corrected chi connectivity index (χ2v) is 8.33. The summed E-state index contributed by atoms with van der Waals surface area (Å²) in [6.07, 6.45) is 0. The van der Waals surface area contributed by atoms with Gasteiger partial charge < -0.3 is 4.84 Å². The molecule has 32 heavy (non-hydrogen) atoms. The second kappa shape index (κ2) is 8.86. The summed E-state index contributed by atoms with van der Waals surface area (Å²) in [5.41, 5.74) is 6.14. The Bertz CT molecular complexity index is 1290. The molecule has 1 N–H and O–H groups in total. The van der Waals surface area contributed by atoms with Crippen LogP contribution in [0.2, 0.25) is 5.02 Å². The molecule has 2 heterocycles. The molecule has 1 aliphatic rings. The molecule has 158 valence electrons. The first kappa shape index (κ1) is 20.3. The summed E-state index contributed by atoms with van der Waals surface area (Å²) in [4.78, 5) is 17.5. The zero-order valence-corrected chi connectivity index (χ0v) is 18.1. The van der Waals surface area contributed by atoms with Crippen LogP contribution in [0.15, 0.2) is 95.2 Å². The minimum atomic E-state index is -0.737. The molecule has 3 aromatic carbocycles. The minimum Gasteiger partial charge on any atom is -0.316 e. The van der Waals surface area contributed by atoms with Crippen molar-refractivity contribution in [1.82, 2.24) is 14.9 Å². The molecule has 9 heteroatoms. The van der Waals surface area contributed by atoms with Gasteiger partial charge in [-0.15, -0.1) is 10.2 Å². The van der Waals surface area contributed by atoms with Crippen LogP contribution < -0.4 is 5.43 Å². The number of halogens is 1. The van der Waals surface area contributed by atoms with E-state index >= 15 is 0 Å². The van der Waals surface area contributed by atoms with Crippen molar-refractivity contribution in [2.24, 2.45) is 5.16 Å². The van der Waals surface area contributed by atoms with Crippen molar-refractivity contribution in [1.29, 1.82) is 0 Å². The van der Waals surface area contributed by atoms with E-state index in [4.69, 9.17) is 16.4 Å². The lowest BCUT2D eigenvalue weighted by Gasteiger charge is -2.14. The van der Waals surface area contributed by atoms with E-state index in [1.165, 1.54) is 11.8 Å². The third kappa shape index (κ3) is 3.98. The van der Waals surface area contributed by atoms with Crippen LogP contribution in [-0.4, -0.2) is 31.8 Å². The van der Waals surface area contributed by atoms with Gasteiger partial charge in [-0.3, -0.25) is 5.43 Å². The van der Waals surface area contributed by atoms with E-state index in [-0.39, 0.29) is 0 Å². The van der Waals surface area contributed by atoms with Crippen molar-refractivity contribution < 1.29 is 9.63 Å². The van der Waals surface area contributed by atoms with Gasteiger partial charge in [0.2, 0.25) is 5.16 Å². The molecular formula is C23H16ClN5O2S. The van der Waals surface area contributed by atoms with Gasteiger partial charge in [0.15, 0.2) is 11.1 Å². The average Bonchev–Trinajstić information content (AvgIpc) is 3.39. The van der Waals surface area contributed by atoms with E-state index in [0.717, 1.165) is 11.3 Å². The summed E-state index contributed by atoms with van der Waals surface area (Å²) < 4.78 is 1.76. The maximum absolute atomic E-state index is 12.5. The fourth-order valence-electron chi connectivity index (χ4n) is 3.23. The lowest BCUT2D eigenvalue weighted by atomic mass is 10.1. The van der Waals surface area contributed by atoms with Crippen LogP contribution in [0.25, 0.3) is 11.4 Å². The first-order valence-corrected chi connectivity index (χ1v) is 11.0. The van der Waals surface area contributed by atoms with Crippen molar-refractivity contribution in [3.8, 4) is 11.4 Å². The number of hydrogen-bond acceptors (Lipinski definition) is 7. The third-order valence-corrected chi connectivity index (χ3v) is 6.21. The Kier molecular flexibility index (Phi) is 5.62. The molecular weight excluding hydrogens is 446 g/mol. The van der Waals surface area contributed by atoms with Gasteiger partial charge in [0.1, 0.15) is 5.71 Å².